The number of benzene rings is 2. The predicted molar refractivity (Wildman–Crippen MR) is 123 cm³/mol. The molecule has 7 nitrogen and oxygen atoms in total. The summed E-state index contributed by atoms with van der Waals surface area (Å²) in [6.45, 7) is 7.81. The van der Waals surface area contributed by atoms with Gasteiger partial charge in [-0.1, -0.05) is 35.9 Å². The van der Waals surface area contributed by atoms with Gasteiger partial charge in [-0.15, -0.1) is 6.58 Å². The third-order valence-electron chi connectivity index (χ3n) is 4.46. The van der Waals surface area contributed by atoms with Gasteiger partial charge in [0, 0.05) is 18.7 Å². The molecule has 0 fully saturated rings. The predicted octanol–water partition coefficient (Wildman–Crippen LogP) is 3.32. The molecule has 1 N–H and O–H groups in total. The molecule has 2 aromatic rings. The van der Waals surface area contributed by atoms with Gasteiger partial charge in [0.25, 0.3) is 15.9 Å². The van der Waals surface area contributed by atoms with Crippen molar-refractivity contribution in [2.75, 3.05) is 30.5 Å². The average molecular weight is 464 g/mol. The highest BCUT2D eigenvalue weighted by Crippen LogP contribution is 2.29. The molecule has 0 aliphatic rings. The van der Waals surface area contributed by atoms with Gasteiger partial charge in [-0.3, -0.25) is 13.9 Å². The smallest absolute Gasteiger partial charge is 0.266 e. The van der Waals surface area contributed by atoms with Crippen molar-refractivity contribution >= 4 is 39.1 Å². The Labute approximate surface area is 188 Å². The van der Waals surface area contributed by atoms with E-state index in [1.807, 2.05) is 0 Å². The van der Waals surface area contributed by atoms with E-state index < -0.39 is 15.9 Å². The molecule has 0 spiro atoms. The maximum atomic E-state index is 13.4. The molecule has 0 heterocycles. The number of hydrogen-bond donors (Lipinski definition) is 1. The molecule has 0 saturated heterocycles. The summed E-state index contributed by atoms with van der Waals surface area (Å²) in [4.78, 5) is 26.0. The summed E-state index contributed by atoms with van der Waals surface area (Å²) in [6.07, 6.45) is 1.47. The van der Waals surface area contributed by atoms with Gasteiger partial charge in [0.15, 0.2) is 0 Å². The Hall–Kier alpha value is -2.84. The minimum absolute atomic E-state index is 0.00619. The largest absolute Gasteiger partial charge is 0.355 e. The van der Waals surface area contributed by atoms with Crippen LogP contribution in [-0.2, 0) is 14.8 Å². The number of hydrogen-bond acceptors (Lipinski definition) is 4. The van der Waals surface area contributed by atoms with Crippen LogP contribution in [0.2, 0.25) is 5.02 Å². The summed E-state index contributed by atoms with van der Waals surface area (Å²) in [7, 11) is -4.09. The van der Waals surface area contributed by atoms with Crippen LogP contribution in [0.15, 0.2) is 66.1 Å². The van der Waals surface area contributed by atoms with Crippen molar-refractivity contribution in [1.82, 2.24) is 10.2 Å². The van der Waals surface area contributed by atoms with Crippen LogP contribution in [0, 0.1) is 0 Å². The van der Waals surface area contributed by atoms with Crippen LogP contribution in [0.4, 0.5) is 5.69 Å². The number of amides is 2. The minimum atomic E-state index is -4.09. The van der Waals surface area contributed by atoms with Crippen LogP contribution in [0.1, 0.15) is 24.2 Å². The molecule has 31 heavy (non-hydrogen) atoms. The van der Waals surface area contributed by atoms with Crippen molar-refractivity contribution in [1.29, 1.82) is 0 Å². The van der Waals surface area contributed by atoms with E-state index in [-0.39, 0.29) is 41.0 Å². The second kappa shape index (κ2) is 11.0. The average Bonchev–Trinajstić information content (AvgIpc) is 2.76. The van der Waals surface area contributed by atoms with E-state index in [9.17, 15) is 18.0 Å². The van der Waals surface area contributed by atoms with Crippen LogP contribution in [0.3, 0.4) is 0 Å². The Morgan fingerprint density at radius 3 is 2.39 bits per heavy atom. The summed E-state index contributed by atoms with van der Waals surface area (Å²) >= 11 is 6.24. The molecule has 0 aliphatic heterocycles. The van der Waals surface area contributed by atoms with Gasteiger partial charge in [0.05, 0.1) is 23.8 Å². The number of sulfonamides is 1. The number of halogens is 1. The number of para-hydroxylation sites is 1. The van der Waals surface area contributed by atoms with Crippen molar-refractivity contribution in [3.05, 3.63) is 71.8 Å². The Kier molecular flexibility index (Phi) is 8.65. The Bertz CT molecular complexity index is 1040. The Morgan fingerprint density at radius 2 is 1.81 bits per heavy atom. The highest BCUT2D eigenvalue weighted by Gasteiger charge is 2.28. The Morgan fingerprint density at radius 1 is 1.13 bits per heavy atom. The lowest BCUT2D eigenvalue weighted by Gasteiger charge is -2.24. The van der Waals surface area contributed by atoms with Crippen molar-refractivity contribution < 1.29 is 18.0 Å². The summed E-state index contributed by atoms with van der Waals surface area (Å²) in [5.74, 6) is -0.752. The second-order valence-electron chi connectivity index (χ2n) is 6.58. The lowest BCUT2D eigenvalue weighted by atomic mass is 10.2. The van der Waals surface area contributed by atoms with Crippen LogP contribution in [-0.4, -0.2) is 51.3 Å². The number of rotatable bonds is 10. The van der Waals surface area contributed by atoms with E-state index in [1.54, 1.807) is 44.2 Å². The van der Waals surface area contributed by atoms with Gasteiger partial charge in [0.2, 0.25) is 5.91 Å². The van der Waals surface area contributed by atoms with E-state index in [4.69, 9.17) is 11.6 Å². The first-order valence-corrected chi connectivity index (χ1v) is 11.6. The van der Waals surface area contributed by atoms with Crippen molar-refractivity contribution in [2.45, 2.75) is 18.7 Å². The number of likely N-dealkylation sites (N-methyl/N-ethyl adjacent to an activating group) is 2. The molecule has 166 valence electrons. The van der Waals surface area contributed by atoms with Gasteiger partial charge >= 0.3 is 0 Å². The fraction of sp³-hybridized carbons (Fsp3) is 0.273. The summed E-state index contributed by atoms with van der Waals surface area (Å²) in [6, 6.07) is 12.6. The second-order valence-corrected chi connectivity index (χ2v) is 8.82. The SMILES string of the molecule is C=CCN(c1ccccc1)S(=O)(=O)c1cc(C(=O)N(CC)CC(=O)NCC)ccc1Cl. The monoisotopic (exact) mass is 463 g/mol. The van der Waals surface area contributed by atoms with Crippen LogP contribution in [0.25, 0.3) is 0 Å². The van der Waals surface area contributed by atoms with Crippen molar-refractivity contribution in [3.63, 3.8) is 0 Å². The molecule has 0 atom stereocenters. The van der Waals surface area contributed by atoms with Crippen molar-refractivity contribution in [2.24, 2.45) is 0 Å². The fourth-order valence-corrected chi connectivity index (χ4v) is 4.88. The zero-order chi connectivity index (χ0) is 23.0. The van der Waals surface area contributed by atoms with Crippen LogP contribution in [0.5, 0.6) is 0 Å². The molecule has 9 heteroatoms. The zero-order valence-electron chi connectivity index (χ0n) is 17.5. The minimum Gasteiger partial charge on any atom is -0.355 e. The fourth-order valence-electron chi connectivity index (χ4n) is 2.94. The molecular formula is C22H26ClN3O4S. The molecule has 2 amide bonds. The topological polar surface area (TPSA) is 86.8 Å². The Balaban J connectivity index is 2.45. The first-order chi connectivity index (χ1) is 14.8. The molecule has 0 aliphatic carbocycles. The summed E-state index contributed by atoms with van der Waals surface area (Å²) in [5.41, 5.74) is 0.572. The molecule has 0 radical (unpaired) electrons. The van der Waals surface area contributed by atoms with Gasteiger partial charge in [-0.2, -0.15) is 0 Å². The number of carbonyl (C=O) groups is 2. The highest BCUT2D eigenvalue weighted by atomic mass is 35.5. The van der Waals surface area contributed by atoms with E-state index in [1.165, 1.54) is 33.5 Å². The lowest BCUT2D eigenvalue weighted by Crippen LogP contribution is -2.40. The lowest BCUT2D eigenvalue weighted by molar-refractivity contribution is -0.121. The summed E-state index contributed by atoms with van der Waals surface area (Å²) < 4.78 is 28.0. The summed E-state index contributed by atoms with van der Waals surface area (Å²) in [5, 5.41) is 2.64. The molecular weight excluding hydrogens is 438 g/mol. The van der Waals surface area contributed by atoms with Crippen LogP contribution >= 0.6 is 11.6 Å². The molecule has 2 aromatic carbocycles. The number of anilines is 1. The highest BCUT2D eigenvalue weighted by molar-refractivity contribution is 7.93. The van der Waals surface area contributed by atoms with Gasteiger partial charge < -0.3 is 10.2 Å². The number of carbonyl (C=O) groups excluding carboxylic acids is 2. The van der Waals surface area contributed by atoms with Gasteiger partial charge in [-0.25, -0.2) is 8.42 Å². The molecule has 0 aromatic heterocycles. The van der Waals surface area contributed by atoms with Crippen LogP contribution < -0.4 is 9.62 Å². The van der Waals surface area contributed by atoms with E-state index >= 15 is 0 Å². The zero-order valence-corrected chi connectivity index (χ0v) is 19.1. The molecule has 0 bridgehead atoms. The van der Waals surface area contributed by atoms with E-state index in [2.05, 4.69) is 11.9 Å². The third-order valence-corrected chi connectivity index (χ3v) is 6.74. The molecule has 0 unspecified atom stereocenters. The van der Waals surface area contributed by atoms with E-state index in [0.29, 0.717) is 12.2 Å². The number of nitrogens with zero attached hydrogens (tertiary/aromatic N) is 2. The first-order valence-electron chi connectivity index (χ1n) is 9.80. The van der Waals surface area contributed by atoms with Gasteiger partial charge in [-0.05, 0) is 44.2 Å². The maximum absolute atomic E-state index is 13.4. The van der Waals surface area contributed by atoms with Crippen molar-refractivity contribution in [3.8, 4) is 0 Å². The van der Waals surface area contributed by atoms with E-state index in [0.717, 1.165) is 0 Å². The molecule has 0 saturated carbocycles. The normalized spacial score (nSPS) is 10.9. The first kappa shape index (κ1) is 24.4. The standard InChI is InChI=1S/C22H26ClN3O4S/c1-4-14-26(18-10-8-7-9-11-18)31(29,30)20-15-17(12-13-19(20)23)22(28)25(6-3)16-21(27)24-5-2/h4,7-13,15H,1,5-6,14,16H2,2-3H3,(H,24,27). The van der Waals surface area contributed by atoms with Gasteiger partial charge in [0.1, 0.15) is 4.90 Å². The third kappa shape index (κ3) is 5.86. The quantitative estimate of drug-likeness (QED) is 0.547. The number of nitrogens with one attached hydrogen (secondary N) is 1. The maximum Gasteiger partial charge on any atom is 0.266 e. The molecule has 2 rings (SSSR count).